The van der Waals surface area contributed by atoms with Gasteiger partial charge in [0.1, 0.15) is 0 Å². The molecule has 0 saturated heterocycles. The molecule has 2 bridgehead atoms. The molecule has 0 saturated carbocycles. The summed E-state index contributed by atoms with van der Waals surface area (Å²) in [4.78, 5) is 0. The van der Waals surface area contributed by atoms with Crippen molar-refractivity contribution < 1.29 is 0 Å². The minimum absolute atomic E-state index is 0.0698. The van der Waals surface area contributed by atoms with E-state index in [2.05, 4.69) is 85.0 Å². The molecule has 5 rings (SSSR count). The molecule has 0 unspecified atom stereocenters. The average molecular weight is 297 g/mol. The number of rotatable bonds is 1. The van der Waals surface area contributed by atoms with Gasteiger partial charge in [0.15, 0.2) is 0 Å². The summed E-state index contributed by atoms with van der Waals surface area (Å²) in [6.45, 7) is 2.33. The summed E-state index contributed by atoms with van der Waals surface area (Å²) < 4.78 is 0. The van der Waals surface area contributed by atoms with Gasteiger partial charge in [-0.2, -0.15) is 0 Å². The Labute approximate surface area is 137 Å². The van der Waals surface area contributed by atoms with Gasteiger partial charge in [-0.15, -0.1) is 0 Å². The first kappa shape index (κ1) is 13.1. The molecule has 0 amide bonds. The number of hydrogen-bond donors (Lipinski definition) is 1. The molecule has 112 valence electrons. The third kappa shape index (κ3) is 1.77. The zero-order valence-corrected chi connectivity index (χ0v) is 13.2. The maximum atomic E-state index is 3.87. The van der Waals surface area contributed by atoms with Crippen molar-refractivity contribution >= 4 is 0 Å². The van der Waals surface area contributed by atoms with Crippen molar-refractivity contribution in [2.75, 3.05) is 0 Å². The summed E-state index contributed by atoms with van der Waals surface area (Å²) in [5.74, 6) is 0. The zero-order chi connectivity index (χ0) is 15.4. The van der Waals surface area contributed by atoms with Crippen LogP contribution in [0, 0.1) is 0 Å². The van der Waals surface area contributed by atoms with Gasteiger partial charge in [0.2, 0.25) is 0 Å². The van der Waals surface area contributed by atoms with Gasteiger partial charge in [-0.25, -0.2) is 0 Å². The molecular formula is C22H19N. The Kier molecular flexibility index (Phi) is 2.60. The van der Waals surface area contributed by atoms with Crippen molar-refractivity contribution in [3.8, 4) is 11.1 Å². The SMILES string of the molecule is C[C@@]12N[C@@H](Cc3ccc(-c4ccccc4)cc31)c1ccccc12. The summed E-state index contributed by atoms with van der Waals surface area (Å²) in [5, 5.41) is 3.87. The monoisotopic (exact) mass is 297 g/mol. The molecule has 1 N–H and O–H groups in total. The van der Waals surface area contributed by atoms with E-state index in [0.29, 0.717) is 6.04 Å². The van der Waals surface area contributed by atoms with Crippen molar-refractivity contribution in [2.24, 2.45) is 0 Å². The van der Waals surface area contributed by atoms with Crippen LogP contribution in [0.1, 0.15) is 35.2 Å². The van der Waals surface area contributed by atoms with Crippen molar-refractivity contribution in [2.45, 2.75) is 24.9 Å². The molecule has 3 aromatic carbocycles. The highest BCUT2D eigenvalue weighted by Gasteiger charge is 2.45. The molecular weight excluding hydrogens is 278 g/mol. The van der Waals surface area contributed by atoms with E-state index in [1.807, 2.05) is 0 Å². The van der Waals surface area contributed by atoms with Crippen molar-refractivity contribution in [3.05, 3.63) is 95.1 Å². The van der Waals surface area contributed by atoms with E-state index in [0.717, 1.165) is 6.42 Å². The number of benzene rings is 3. The average Bonchev–Trinajstić information content (AvgIpc) is 2.85. The molecule has 1 nitrogen and oxygen atoms in total. The Morgan fingerprint density at radius 3 is 2.48 bits per heavy atom. The second-order valence-electron chi connectivity index (χ2n) is 6.85. The molecule has 0 spiro atoms. The molecule has 2 atom stereocenters. The molecule has 3 aromatic rings. The first-order valence-electron chi connectivity index (χ1n) is 8.32. The smallest absolute Gasteiger partial charge is 0.0672 e. The van der Waals surface area contributed by atoms with Crippen LogP contribution in [0.2, 0.25) is 0 Å². The fourth-order valence-corrected chi connectivity index (χ4v) is 4.39. The summed E-state index contributed by atoms with van der Waals surface area (Å²) in [7, 11) is 0. The van der Waals surface area contributed by atoms with E-state index in [9.17, 15) is 0 Å². The van der Waals surface area contributed by atoms with Gasteiger partial charge >= 0.3 is 0 Å². The number of nitrogens with one attached hydrogen (secondary N) is 1. The van der Waals surface area contributed by atoms with Crippen LogP contribution in [0.4, 0.5) is 0 Å². The third-order valence-electron chi connectivity index (χ3n) is 5.52. The van der Waals surface area contributed by atoms with Crippen LogP contribution in [0.15, 0.2) is 72.8 Å². The number of fused-ring (bicyclic) bond motifs is 7. The van der Waals surface area contributed by atoms with E-state index >= 15 is 0 Å². The lowest BCUT2D eigenvalue weighted by molar-refractivity contribution is 0.389. The first-order valence-corrected chi connectivity index (χ1v) is 8.32. The van der Waals surface area contributed by atoms with Crippen LogP contribution in [-0.2, 0) is 12.0 Å². The summed E-state index contributed by atoms with van der Waals surface area (Å²) in [6.07, 6.45) is 1.08. The Balaban J connectivity index is 1.72. The van der Waals surface area contributed by atoms with Crippen molar-refractivity contribution in [1.29, 1.82) is 0 Å². The van der Waals surface area contributed by atoms with E-state index < -0.39 is 0 Å². The minimum atomic E-state index is -0.0698. The van der Waals surface area contributed by atoms with E-state index in [1.54, 1.807) is 0 Å². The predicted octanol–water partition coefficient (Wildman–Crippen LogP) is 4.82. The molecule has 0 aliphatic carbocycles. The highest BCUT2D eigenvalue weighted by molar-refractivity contribution is 5.67. The van der Waals surface area contributed by atoms with Gasteiger partial charge in [0, 0.05) is 6.04 Å². The molecule has 0 aromatic heterocycles. The van der Waals surface area contributed by atoms with Gasteiger partial charge in [-0.05, 0) is 52.8 Å². The largest absolute Gasteiger partial charge is 0.297 e. The van der Waals surface area contributed by atoms with Gasteiger partial charge in [-0.1, -0.05) is 66.7 Å². The Morgan fingerprint density at radius 2 is 1.61 bits per heavy atom. The lowest BCUT2D eigenvalue weighted by Gasteiger charge is -2.35. The maximum Gasteiger partial charge on any atom is 0.0672 e. The Morgan fingerprint density at radius 1 is 0.826 bits per heavy atom. The fourth-order valence-electron chi connectivity index (χ4n) is 4.39. The first-order chi connectivity index (χ1) is 11.3. The fraction of sp³-hybridized carbons (Fsp3) is 0.182. The van der Waals surface area contributed by atoms with Gasteiger partial charge in [0.05, 0.1) is 5.54 Å². The minimum Gasteiger partial charge on any atom is -0.297 e. The zero-order valence-electron chi connectivity index (χ0n) is 13.2. The van der Waals surface area contributed by atoms with Crippen molar-refractivity contribution in [3.63, 3.8) is 0 Å². The van der Waals surface area contributed by atoms with Crippen LogP contribution in [0.25, 0.3) is 11.1 Å². The predicted molar refractivity (Wildman–Crippen MR) is 94.4 cm³/mol. The molecule has 1 heteroatoms. The normalized spacial score (nSPS) is 24.1. The van der Waals surface area contributed by atoms with Crippen LogP contribution in [0.3, 0.4) is 0 Å². The molecule has 23 heavy (non-hydrogen) atoms. The second kappa shape index (κ2) is 4.56. The standard InChI is InChI=1S/C22H19N/c1-22-19-10-6-5-9-18(19)21(23-22)14-17-12-11-16(13-20(17)22)15-7-3-2-4-8-15/h2-13,21,23H,14H2,1H3/t21-,22-/m0/s1. The topological polar surface area (TPSA) is 12.0 Å². The maximum absolute atomic E-state index is 3.87. The third-order valence-corrected chi connectivity index (χ3v) is 5.52. The van der Waals surface area contributed by atoms with Gasteiger partial charge in [-0.3, -0.25) is 5.32 Å². The lowest BCUT2D eigenvalue weighted by Crippen LogP contribution is -2.41. The van der Waals surface area contributed by atoms with Gasteiger partial charge in [0.25, 0.3) is 0 Å². The molecule has 0 radical (unpaired) electrons. The lowest BCUT2D eigenvalue weighted by atomic mass is 9.81. The van der Waals surface area contributed by atoms with E-state index in [4.69, 9.17) is 0 Å². The van der Waals surface area contributed by atoms with E-state index in [-0.39, 0.29) is 5.54 Å². The highest BCUT2D eigenvalue weighted by atomic mass is 15.1. The van der Waals surface area contributed by atoms with Gasteiger partial charge < -0.3 is 0 Å². The van der Waals surface area contributed by atoms with Crippen LogP contribution >= 0.6 is 0 Å². The Bertz CT molecular complexity index is 897. The second-order valence-corrected chi connectivity index (χ2v) is 6.85. The summed E-state index contributed by atoms with van der Waals surface area (Å²) in [6, 6.07) is 27.0. The van der Waals surface area contributed by atoms with Crippen LogP contribution in [-0.4, -0.2) is 0 Å². The molecule has 2 aliphatic heterocycles. The molecule has 2 heterocycles. The Hall–Kier alpha value is -2.38. The molecule has 2 aliphatic rings. The van der Waals surface area contributed by atoms with Crippen LogP contribution < -0.4 is 5.32 Å². The summed E-state index contributed by atoms with van der Waals surface area (Å²) in [5.41, 5.74) is 8.33. The highest BCUT2D eigenvalue weighted by Crippen LogP contribution is 2.48. The quantitative estimate of drug-likeness (QED) is 0.679. The molecule has 0 fully saturated rings. The van der Waals surface area contributed by atoms with Crippen molar-refractivity contribution in [1.82, 2.24) is 5.32 Å². The summed E-state index contributed by atoms with van der Waals surface area (Å²) >= 11 is 0. The number of hydrogen-bond acceptors (Lipinski definition) is 1. The van der Waals surface area contributed by atoms with E-state index in [1.165, 1.54) is 33.4 Å². The van der Waals surface area contributed by atoms with Crippen LogP contribution in [0.5, 0.6) is 0 Å².